The number of carbonyl (C=O) groups is 4. The lowest BCUT2D eigenvalue weighted by Crippen LogP contribution is -2.58. The molecule has 0 aliphatic rings. The fourth-order valence-corrected chi connectivity index (χ4v) is 3.71. The van der Waals surface area contributed by atoms with Gasteiger partial charge in [0.1, 0.15) is 23.9 Å². The molecule has 208 valence electrons. The zero-order chi connectivity index (χ0) is 28.4. The van der Waals surface area contributed by atoms with Gasteiger partial charge in [-0.05, 0) is 36.0 Å². The molecule has 0 aliphatic carbocycles. The molecule has 4 atom stereocenters. The minimum Gasteiger partial charge on any atom is -0.508 e. The molecule has 4 unspecified atom stereocenters. The number of aromatic hydroxyl groups is 1. The van der Waals surface area contributed by atoms with Crippen LogP contribution in [0, 0.1) is 11.8 Å². The van der Waals surface area contributed by atoms with Crippen LogP contribution in [0.25, 0.3) is 0 Å². The number of nitrogens with two attached hydrogens (primary N) is 1. The highest BCUT2D eigenvalue weighted by Gasteiger charge is 2.31. The summed E-state index contributed by atoms with van der Waals surface area (Å²) in [7, 11) is 0. The molecule has 0 saturated carbocycles. The molecule has 1 aromatic heterocycles. The van der Waals surface area contributed by atoms with Gasteiger partial charge in [-0.2, -0.15) is 0 Å². The lowest BCUT2D eigenvalue weighted by molar-refractivity contribution is -0.142. The van der Waals surface area contributed by atoms with Crippen LogP contribution in [0.4, 0.5) is 0 Å². The number of phenolic OH excluding ortho intramolecular Hbond substituents is 1. The van der Waals surface area contributed by atoms with Gasteiger partial charge in [-0.3, -0.25) is 14.4 Å². The molecular weight excluding hydrogens is 492 g/mol. The molecule has 0 bridgehead atoms. The molecular formula is C26H38N6O6. The molecule has 0 radical (unpaired) electrons. The van der Waals surface area contributed by atoms with Crippen molar-refractivity contribution >= 4 is 23.7 Å². The van der Waals surface area contributed by atoms with Crippen LogP contribution in [-0.4, -0.2) is 68.0 Å². The lowest BCUT2D eigenvalue weighted by atomic mass is 9.99. The van der Waals surface area contributed by atoms with Crippen LogP contribution >= 0.6 is 0 Å². The Kier molecular flexibility index (Phi) is 11.3. The van der Waals surface area contributed by atoms with Gasteiger partial charge >= 0.3 is 5.97 Å². The van der Waals surface area contributed by atoms with Crippen molar-refractivity contribution < 1.29 is 29.4 Å². The SMILES string of the molecule is CC(C)CC(NC(=O)C(Cc1ccc(O)cc1)NC(=O)C(N)C(C)C)C(=O)NC(Cc1cnc[nH]1)C(=O)O. The fourth-order valence-electron chi connectivity index (χ4n) is 3.71. The summed E-state index contributed by atoms with van der Waals surface area (Å²) in [5.74, 6) is -3.17. The number of carbonyl (C=O) groups excluding carboxylic acids is 3. The van der Waals surface area contributed by atoms with E-state index in [4.69, 9.17) is 5.73 Å². The molecule has 12 heteroatoms. The Labute approximate surface area is 221 Å². The summed E-state index contributed by atoms with van der Waals surface area (Å²) in [4.78, 5) is 57.7. The van der Waals surface area contributed by atoms with E-state index in [1.807, 2.05) is 13.8 Å². The average Bonchev–Trinajstić information content (AvgIpc) is 3.36. The predicted molar refractivity (Wildman–Crippen MR) is 140 cm³/mol. The normalized spacial score (nSPS) is 14.4. The summed E-state index contributed by atoms with van der Waals surface area (Å²) < 4.78 is 0. The second-order valence-electron chi connectivity index (χ2n) is 10.1. The van der Waals surface area contributed by atoms with Crippen molar-refractivity contribution in [3.8, 4) is 5.75 Å². The number of rotatable bonds is 14. The molecule has 1 heterocycles. The Hall–Kier alpha value is -3.93. The minimum atomic E-state index is -1.24. The standard InChI is InChI=1S/C26H38N6O6/c1-14(2)9-19(23(34)32-21(26(37)38)11-17-12-28-13-29-17)30-24(35)20(31-25(36)22(27)15(3)4)10-16-5-7-18(33)8-6-16/h5-8,12-15,19-22,33H,9-11,27H2,1-4H3,(H,28,29)(H,30,35)(H,31,36)(H,32,34)(H,37,38). The number of amides is 3. The van der Waals surface area contributed by atoms with E-state index >= 15 is 0 Å². The van der Waals surface area contributed by atoms with E-state index in [1.165, 1.54) is 24.7 Å². The Balaban J connectivity index is 2.23. The fraction of sp³-hybridized carbons (Fsp3) is 0.500. The lowest BCUT2D eigenvalue weighted by Gasteiger charge is -2.26. The minimum absolute atomic E-state index is 0.0126. The first-order chi connectivity index (χ1) is 17.9. The molecule has 2 rings (SSSR count). The summed E-state index contributed by atoms with van der Waals surface area (Å²) in [5, 5.41) is 27.1. The Morgan fingerprint density at radius 2 is 1.47 bits per heavy atom. The van der Waals surface area contributed by atoms with Crippen molar-refractivity contribution in [1.82, 2.24) is 25.9 Å². The number of nitrogens with zero attached hydrogens (tertiary/aromatic N) is 1. The Morgan fingerprint density at radius 3 is 2.00 bits per heavy atom. The average molecular weight is 531 g/mol. The first-order valence-electron chi connectivity index (χ1n) is 12.5. The molecule has 3 amide bonds. The molecule has 38 heavy (non-hydrogen) atoms. The third-order valence-corrected chi connectivity index (χ3v) is 5.96. The van der Waals surface area contributed by atoms with E-state index in [-0.39, 0.29) is 36.8 Å². The first-order valence-corrected chi connectivity index (χ1v) is 12.5. The molecule has 0 saturated heterocycles. The second kappa shape index (κ2) is 14.1. The number of carboxylic acids is 1. The highest BCUT2D eigenvalue weighted by molar-refractivity contribution is 5.94. The zero-order valence-electron chi connectivity index (χ0n) is 22.1. The van der Waals surface area contributed by atoms with Crippen LogP contribution in [0.3, 0.4) is 0 Å². The molecule has 0 aliphatic heterocycles. The number of hydrogen-bond acceptors (Lipinski definition) is 7. The molecule has 0 spiro atoms. The van der Waals surface area contributed by atoms with Gasteiger partial charge in [0.15, 0.2) is 0 Å². The number of aromatic amines is 1. The van der Waals surface area contributed by atoms with E-state index in [0.29, 0.717) is 11.3 Å². The van der Waals surface area contributed by atoms with E-state index < -0.39 is 47.9 Å². The van der Waals surface area contributed by atoms with E-state index in [1.54, 1.807) is 26.0 Å². The van der Waals surface area contributed by atoms with Crippen LogP contribution in [-0.2, 0) is 32.0 Å². The van der Waals surface area contributed by atoms with Crippen LogP contribution in [0.5, 0.6) is 5.75 Å². The number of imidazole rings is 1. The Bertz CT molecular complexity index is 1070. The molecule has 1 aromatic carbocycles. The van der Waals surface area contributed by atoms with Crippen molar-refractivity contribution in [2.75, 3.05) is 0 Å². The van der Waals surface area contributed by atoms with Crippen LogP contribution < -0.4 is 21.7 Å². The van der Waals surface area contributed by atoms with Crippen LogP contribution in [0.1, 0.15) is 45.4 Å². The van der Waals surface area contributed by atoms with E-state index in [9.17, 15) is 29.4 Å². The first kappa shape index (κ1) is 30.3. The third-order valence-electron chi connectivity index (χ3n) is 5.96. The number of aromatic nitrogens is 2. The maximum absolute atomic E-state index is 13.4. The second-order valence-corrected chi connectivity index (χ2v) is 10.1. The third kappa shape index (κ3) is 9.51. The highest BCUT2D eigenvalue weighted by atomic mass is 16.4. The summed E-state index contributed by atoms with van der Waals surface area (Å²) >= 11 is 0. The number of nitrogens with one attached hydrogen (secondary N) is 4. The van der Waals surface area contributed by atoms with Crippen molar-refractivity contribution in [3.63, 3.8) is 0 Å². The summed E-state index contributed by atoms with van der Waals surface area (Å²) in [5.41, 5.74) is 7.16. The van der Waals surface area contributed by atoms with Gasteiger partial charge in [-0.1, -0.05) is 39.8 Å². The number of hydrogen-bond donors (Lipinski definition) is 7. The quantitative estimate of drug-likeness (QED) is 0.183. The number of aliphatic carboxylic acids is 1. The summed E-state index contributed by atoms with van der Waals surface area (Å²) in [6, 6.07) is 1.96. The molecule has 2 aromatic rings. The maximum atomic E-state index is 13.4. The summed E-state index contributed by atoms with van der Waals surface area (Å²) in [6.45, 7) is 7.29. The van der Waals surface area contributed by atoms with E-state index in [0.717, 1.165) is 0 Å². The highest BCUT2D eigenvalue weighted by Crippen LogP contribution is 2.13. The van der Waals surface area contributed by atoms with E-state index in [2.05, 4.69) is 25.9 Å². The van der Waals surface area contributed by atoms with Crippen LogP contribution in [0.15, 0.2) is 36.8 Å². The zero-order valence-corrected chi connectivity index (χ0v) is 22.1. The molecule has 8 N–H and O–H groups in total. The number of H-pyrrole nitrogens is 1. The maximum Gasteiger partial charge on any atom is 0.326 e. The van der Waals surface area contributed by atoms with Crippen molar-refractivity contribution in [2.45, 2.75) is 71.1 Å². The van der Waals surface area contributed by atoms with Gasteiger partial charge in [0.05, 0.1) is 12.4 Å². The van der Waals surface area contributed by atoms with Gasteiger partial charge < -0.3 is 36.9 Å². The van der Waals surface area contributed by atoms with Crippen molar-refractivity contribution in [2.24, 2.45) is 17.6 Å². The Morgan fingerprint density at radius 1 is 0.895 bits per heavy atom. The molecule has 12 nitrogen and oxygen atoms in total. The smallest absolute Gasteiger partial charge is 0.326 e. The van der Waals surface area contributed by atoms with Crippen molar-refractivity contribution in [3.05, 3.63) is 48.0 Å². The van der Waals surface area contributed by atoms with Gasteiger partial charge in [0, 0.05) is 24.7 Å². The molecule has 0 fully saturated rings. The largest absolute Gasteiger partial charge is 0.508 e. The van der Waals surface area contributed by atoms with Crippen molar-refractivity contribution in [1.29, 1.82) is 0 Å². The number of phenols is 1. The van der Waals surface area contributed by atoms with Crippen LogP contribution in [0.2, 0.25) is 0 Å². The van der Waals surface area contributed by atoms with Gasteiger partial charge in [0.25, 0.3) is 0 Å². The monoisotopic (exact) mass is 530 g/mol. The van der Waals surface area contributed by atoms with Gasteiger partial charge in [0.2, 0.25) is 17.7 Å². The number of benzene rings is 1. The predicted octanol–water partition coefficient (Wildman–Crippen LogP) is 0.469. The van der Waals surface area contributed by atoms with Gasteiger partial charge in [-0.25, -0.2) is 9.78 Å². The number of carboxylic acid groups (broad SMARTS) is 1. The topological polar surface area (TPSA) is 200 Å². The van der Waals surface area contributed by atoms with Gasteiger partial charge in [-0.15, -0.1) is 0 Å². The summed E-state index contributed by atoms with van der Waals surface area (Å²) in [6.07, 6.45) is 3.17.